The molecule has 0 amide bonds. The molecule has 48 valence electrons. The van der Waals surface area contributed by atoms with Crippen LogP contribution >= 0.6 is 0 Å². The topological polar surface area (TPSA) is 34.1 Å². The quantitative estimate of drug-likeness (QED) is 0.407. The summed E-state index contributed by atoms with van der Waals surface area (Å²) in [4.78, 5) is 0. The molecule has 2 aliphatic carbocycles. The Morgan fingerprint density at radius 3 is 1.67 bits per heavy atom. The predicted octanol–water partition coefficient (Wildman–Crippen LogP) is 1.16. The molecule has 0 aromatic rings. The number of hydrogen-bond acceptors (Lipinski definition) is 3. The Balaban J connectivity index is 0.000000120. The normalized spacial score (nSPS) is 9.33. The van der Waals surface area contributed by atoms with E-state index in [0.717, 1.165) is 0 Å². The maximum absolute atomic E-state index is 8.35. The highest BCUT2D eigenvalue weighted by Crippen LogP contribution is 2.32. The van der Waals surface area contributed by atoms with Crippen LogP contribution in [0.5, 0.6) is 0 Å². The number of benzene rings is 1. The molecule has 2 aliphatic rings. The number of fused-ring (bicyclic) bond motifs is 1. The Morgan fingerprint density at radius 2 is 1.56 bits per heavy atom. The zero-order valence-electron chi connectivity index (χ0n) is 4.57. The van der Waals surface area contributed by atoms with E-state index in [2.05, 4.69) is 24.3 Å². The molecule has 0 fully saturated rings. The van der Waals surface area contributed by atoms with Gasteiger partial charge in [-0.1, -0.05) is 29.8 Å². The second kappa shape index (κ2) is 2.64. The van der Waals surface area contributed by atoms with Gasteiger partial charge in [0.25, 0.3) is 0 Å². The van der Waals surface area contributed by atoms with Crippen LogP contribution in [0.3, 0.4) is 0 Å². The van der Waals surface area contributed by atoms with Crippen molar-refractivity contribution in [1.82, 2.24) is 0 Å². The maximum atomic E-state index is 8.35. The molecule has 0 aromatic heterocycles. The summed E-state index contributed by atoms with van der Waals surface area (Å²) >= 11 is -1.08. The molecule has 0 N–H and O–H groups in total. The highest BCUT2D eigenvalue weighted by atomic mass is 32.1. The van der Waals surface area contributed by atoms with Crippen molar-refractivity contribution < 1.29 is 8.42 Å². The molecule has 0 bridgehead atoms. The maximum Gasteiger partial charge on any atom is -0.0178 e. The Bertz CT molecular complexity index is 234. The summed E-state index contributed by atoms with van der Waals surface area (Å²) in [7, 11) is 0. The van der Waals surface area contributed by atoms with Gasteiger partial charge in [0, 0.05) is 0 Å². The highest BCUT2D eigenvalue weighted by Gasteiger charge is 2.06. The van der Waals surface area contributed by atoms with Crippen molar-refractivity contribution in [2.45, 2.75) is 0 Å². The van der Waals surface area contributed by atoms with Gasteiger partial charge >= 0.3 is 0 Å². The molecule has 0 aromatic carbocycles. The van der Waals surface area contributed by atoms with E-state index in [0.29, 0.717) is 0 Å². The molecule has 0 unspecified atom stereocenters. The molecule has 0 aliphatic heterocycles. The lowest BCUT2D eigenvalue weighted by atomic mass is 10.6. The van der Waals surface area contributed by atoms with Crippen LogP contribution in [0.1, 0.15) is 0 Å². The highest BCUT2D eigenvalue weighted by molar-refractivity contribution is 7.51. The predicted molar refractivity (Wildman–Crippen MR) is 35.6 cm³/mol. The van der Waals surface area contributed by atoms with E-state index >= 15 is 0 Å². The molecule has 2 nitrogen and oxygen atoms in total. The summed E-state index contributed by atoms with van der Waals surface area (Å²) in [5.74, 6) is 0. The van der Waals surface area contributed by atoms with Gasteiger partial charge in [0.1, 0.15) is 0 Å². The Morgan fingerprint density at radius 1 is 1.11 bits per heavy atom. The fraction of sp³-hybridized carbons (Fsp3) is 0. The fourth-order valence-electron chi connectivity index (χ4n) is 0.676. The van der Waals surface area contributed by atoms with Crippen LogP contribution in [0.15, 0.2) is 24.3 Å². The van der Waals surface area contributed by atoms with E-state index in [4.69, 9.17) is 8.42 Å². The summed E-state index contributed by atoms with van der Waals surface area (Å²) in [5, 5.41) is 0. The standard InChI is InChI=1S/C6H4.HO2S/c1-2-5-4-6(5)3-1;1-3-2/h1-4H;3H/q;-1. The lowest BCUT2D eigenvalue weighted by Crippen LogP contribution is -1.23. The number of hydrogen-bond donors (Lipinski definition) is 0. The lowest BCUT2D eigenvalue weighted by Gasteiger charge is -1.48. The van der Waals surface area contributed by atoms with Crippen molar-refractivity contribution in [3.8, 4) is 11.1 Å². The first-order valence-corrected chi connectivity index (χ1v) is 3.17. The van der Waals surface area contributed by atoms with Crippen LogP contribution in [-0.4, -0.2) is 0 Å². The number of rotatable bonds is 0. The average Bonchev–Trinajstić information content (AvgIpc) is 2.43. The van der Waals surface area contributed by atoms with Crippen LogP contribution in [0.2, 0.25) is 0 Å². The summed E-state index contributed by atoms with van der Waals surface area (Å²) < 4.78 is 16.7. The Kier molecular flexibility index (Phi) is 1.85. The van der Waals surface area contributed by atoms with E-state index in [1.165, 1.54) is 11.1 Å². The van der Waals surface area contributed by atoms with Crippen molar-refractivity contribution in [1.29, 1.82) is 0 Å². The third-order valence-corrected chi connectivity index (χ3v) is 1.11. The van der Waals surface area contributed by atoms with Gasteiger partial charge in [-0.3, -0.25) is 0 Å². The molecule has 9 heavy (non-hydrogen) atoms. The summed E-state index contributed by atoms with van der Waals surface area (Å²) in [6, 6.07) is 8.48. The Labute approximate surface area is 56.1 Å². The summed E-state index contributed by atoms with van der Waals surface area (Å²) in [6.07, 6.45) is 0. The third-order valence-electron chi connectivity index (χ3n) is 1.11. The Hall–Kier alpha value is -0.830. The molecular formula is C6H5O2S-. The molecule has 0 atom stereocenters. The van der Waals surface area contributed by atoms with Gasteiger partial charge in [0.2, 0.25) is 0 Å². The van der Waals surface area contributed by atoms with E-state index in [9.17, 15) is 0 Å². The van der Waals surface area contributed by atoms with Gasteiger partial charge in [-0.05, 0) is 17.2 Å². The van der Waals surface area contributed by atoms with Crippen molar-refractivity contribution >= 4 is 11.6 Å². The first kappa shape index (κ1) is 6.29. The molecule has 0 spiro atoms. The zero-order chi connectivity index (χ0) is 6.69. The molecular weight excluding hydrogens is 136 g/mol. The van der Waals surface area contributed by atoms with Gasteiger partial charge in [-0.15, -0.1) is 0 Å². The molecule has 0 radical (unpaired) electrons. The van der Waals surface area contributed by atoms with Gasteiger partial charge < -0.3 is 8.42 Å². The largest absolute Gasteiger partial charge is 0.427 e. The van der Waals surface area contributed by atoms with Gasteiger partial charge in [-0.25, -0.2) is 0 Å². The second-order valence-electron chi connectivity index (χ2n) is 1.66. The lowest BCUT2D eigenvalue weighted by molar-refractivity contribution is 0.541. The second-order valence-corrected chi connectivity index (χ2v) is 1.80. The minimum Gasteiger partial charge on any atom is -0.427 e. The van der Waals surface area contributed by atoms with E-state index < -0.39 is 11.6 Å². The van der Waals surface area contributed by atoms with Crippen LogP contribution in [0.4, 0.5) is 0 Å². The van der Waals surface area contributed by atoms with Crippen LogP contribution in [0.25, 0.3) is 11.1 Å². The van der Waals surface area contributed by atoms with Crippen LogP contribution in [0, 0.1) is 0 Å². The third kappa shape index (κ3) is 1.54. The number of thiol groups is 1. The summed E-state index contributed by atoms with van der Waals surface area (Å²) in [5.41, 5.74) is 2.85. The first-order valence-electron chi connectivity index (χ1n) is 2.44. The molecule has 3 heteroatoms. The van der Waals surface area contributed by atoms with Gasteiger partial charge in [-0.2, -0.15) is 0 Å². The van der Waals surface area contributed by atoms with Gasteiger partial charge in [0.05, 0.1) is 0 Å². The molecule has 2 rings (SSSR count). The molecule has 0 heterocycles. The van der Waals surface area contributed by atoms with E-state index in [1.807, 2.05) is 0 Å². The van der Waals surface area contributed by atoms with Crippen LogP contribution < -0.4 is 0 Å². The van der Waals surface area contributed by atoms with Crippen molar-refractivity contribution in [2.24, 2.45) is 0 Å². The van der Waals surface area contributed by atoms with Crippen molar-refractivity contribution in [3.63, 3.8) is 0 Å². The zero-order valence-corrected chi connectivity index (χ0v) is 5.47. The van der Waals surface area contributed by atoms with E-state index in [-0.39, 0.29) is 0 Å². The van der Waals surface area contributed by atoms with Crippen molar-refractivity contribution in [3.05, 3.63) is 24.3 Å². The van der Waals surface area contributed by atoms with E-state index in [1.54, 1.807) is 0 Å². The SMILES string of the molecule is O=[SH-]=O.c1cc2cc-2c1. The smallest absolute Gasteiger partial charge is 0.0178 e. The first-order chi connectivity index (χ1) is 4.38. The minimum atomic E-state index is -1.08. The fourth-order valence-corrected chi connectivity index (χ4v) is 0.676. The molecule has 0 saturated carbocycles. The van der Waals surface area contributed by atoms with Crippen LogP contribution in [-0.2, 0) is 20.0 Å². The van der Waals surface area contributed by atoms with Crippen molar-refractivity contribution in [2.75, 3.05) is 0 Å². The average molecular weight is 141 g/mol. The summed E-state index contributed by atoms with van der Waals surface area (Å²) in [6.45, 7) is 0. The van der Waals surface area contributed by atoms with Gasteiger partial charge in [0.15, 0.2) is 0 Å². The molecule has 0 saturated heterocycles. The minimum absolute atomic E-state index is 1.08. The monoisotopic (exact) mass is 141 g/mol.